The summed E-state index contributed by atoms with van der Waals surface area (Å²) in [4.78, 5) is 10.3. The van der Waals surface area contributed by atoms with Crippen molar-refractivity contribution >= 4 is 5.94 Å². The van der Waals surface area contributed by atoms with Crippen molar-refractivity contribution in [3.63, 3.8) is 0 Å². The van der Waals surface area contributed by atoms with Crippen LogP contribution in [0.15, 0.2) is 5.57 Å². The summed E-state index contributed by atoms with van der Waals surface area (Å²) in [6.07, 6.45) is 7.26. The second-order valence-electron chi connectivity index (χ2n) is 3.84. The molecule has 13 heavy (non-hydrogen) atoms. The van der Waals surface area contributed by atoms with Gasteiger partial charge in [-0.3, -0.25) is 0 Å². The minimum absolute atomic E-state index is 0.809. The van der Waals surface area contributed by atoms with Crippen molar-refractivity contribution < 1.29 is 4.79 Å². The predicted octanol–water partition coefficient (Wildman–Crippen LogP) is 3.76. The predicted molar refractivity (Wildman–Crippen MR) is 57.4 cm³/mol. The first-order valence-corrected chi connectivity index (χ1v) is 5.45. The third-order valence-electron chi connectivity index (χ3n) is 2.65. The lowest BCUT2D eigenvalue weighted by atomic mass is 9.93. The zero-order valence-corrected chi connectivity index (χ0v) is 9.23. The van der Waals surface area contributed by atoms with E-state index in [0.717, 1.165) is 24.3 Å². The Hall–Kier alpha value is -0.550. The lowest BCUT2D eigenvalue weighted by molar-refractivity contribution is 0.421. The van der Waals surface area contributed by atoms with Crippen LogP contribution in [0.25, 0.3) is 0 Å². The summed E-state index contributed by atoms with van der Waals surface area (Å²) in [6.45, 7) is 6.34. The van der Waals surface area contributed by atoms with Gasteiger partial charge in [0.1, 0.15) is 5.94 Å². The first kappa shape index (κ1) is 12.4. The van der Waals surface area contributed by atoms with Gasteiger partial charge in [0.05, 0.1) is 0 Å². The Balaban J connectivity index is 3.65. The van der Waals surface area contributed by atoms with Gasteiger partial charge in [-0.15, -0.1) is 0 Å². The Kier molecular flexibility index (Phi) is 7.73. The Bertz CT molecular complexity index is 166. The molecule has 1 heteroatoms. The average molecular weight is 182 g/mol. The van der Waals surface area contributed by atoms with Gasteiger partial charge in [-0.1, -0.05) is 39.5 Å². The van der Waals surface area contributed by atoms with Crippen molar-refractivity contribution in [1.82, 2.24) is 0 Å². The van der Waals surface area contributed by atoms with Crippen molar-refractivity contribution in [2.45, 2.75) is 59.3 Å². The van der Waals surface area contributed by atoms with Crippen LogP contribution < -0.4 is 0 Å². The molecule has 0 aliphatic heterocycles. The number of carbonyl (C=O) groups excluding carboxylic acids is 1. The molecule has 1 atom stereocenters. The van der Waals surface area contributed by atoms with Crippen LogP contribution in [-0.4, -0.2) is 5.94 Å². The fraction of sp³-hybridized carbons (Fsp3) is 0.833. The number of unbranched alkanes of at least 4 members (excludes halogenated alkanes) is 1. The van der Waals surface area contributed by atoms with Crippen LogP contribution in [0.1, 0.15) is 59.3 Å². The molecule has 76 valence electrons. The van der Waals surface area contributed by atoms with Gasteiger partial charge in [-0.05, 0) is 25.7 Å². The lowest BCUT2D eigenvalue weighted by Gasteiger charge is -2.13. The molecule has 0 radical (unpaired) electrons. The van der Waals surface area contributed by atoms with Gasteiger partial charge in [0, 0.05) is 5.57 Å². The maximum absolute atomic E-state index is 10.3. The van der Waals surface area contributed by atoms with Crippen molar-refractivity contribution in [1.29, 1.82) is 0 Å². The second kappa shape index (κ2) is 8.07. The molecule has 1 unspecified atom stereocenters. The summed E-state index contributed by atoms with van der Waals surface area (Å²) in [5, 5.41) is 0. The summed E-state index contributed by atoms with van der Waals surface area (Å²) < 4.78 is 0. The smallest absolute Gasteiger partial charge is 0.123 e. The first-order valence-electron chi connectivity index (χ1n) is 5.45. The third kappa shape index (κ3) is 6.60. The topological polar surface area (TPSA) is 17.1 Å². The molecule has 0 bridgehead atoms. The molecule has 0 aromatic heterocycles. The van der Waals surface area contributed by atoms with Crippen LogP contribution in [0.4, 0.5) is 0 Å². The molecular formula is C12H22O. The quantitative estimate of drug-likeness (QED) is 0.548. The molecule has 0 saturated carbocycles. The van der Waals surface area contributed by atoms with Gasteiger partial charge < -0.3 is 0 Å². The molecule has 0 amide bonds. The summed E-state index contributed by atoms with van der Waals surface area (Å²) in [5.41, 5.74) is 0.870. The maximum atomic E-state index is 10.3. The van der Waals surface area contributed by atoms with Crippen molar-refractivity contribution in [2.24, 2.45) is 5.92 Å². The second-order valence-corrected chi connectivity index (χ2v) is 3.84. The van der Waals surface area contributed by atoms with Crippen LogP contribution in [-0.2, 0) is 4.79 Å². The normalized spacial score (nSPS) is 12.2. The number of rotatable bonds is 7. The van der Waals surface area contributed by atoms with E-state index in [1.54, 1.807) is 0 Å². The highest BCUT2D eigenvalue weighted by atomic mass is 16.1. The van der Waals surface area contributed by atoms with Crippen LogP contribution in [0, 0.1) is 5.92 Å². The Morgan fingerprint density at radius 3 is 2.46 bits per heavy atom. The highest BCUT2D eigenvalue weighted by Gasteiger charge is 2.05. The zero-order chi connectivity index (χ0) is 10.1. The van der Waals surface area contributed by atoms with Crippen LogP contribution in [0.5, 0.6) is 0 Å². The average Bonchev–Trinajstić information content (AvgIpc) is 2.17. The van der Waals surface area contributed by atoms with Gasteiger partial charge >= 0.3 is 0 Å². The van der Waals surface area contributed by atoms with Gasteiger partial charge in [0.2, 0.25) is 0 Å². The Morgan fingerprint density at radius 1 is 1.31 bits per heavy atom. The zero-order valence-electron chi connectivity index (χ0n) is 9.23. The molecule has 0 rings (SSSR count). The van der Waals surface area contributed by atoms with Crippen LogP contribution in [0.3, 0.4) is 0 Å². The molecule has 1 nitrogen and oxygen atoms in total. The molecule has 0 aromatic carbocycles. The molecule has 0 aliphatic carbocycles. The highest BCUT2D eigenvalue weighted by molar-refractivity contribution is 5.50. The molecule has 0 saturated heterocycles. The standard InChI is InChI=1S/C12H22O/c1-4-6-7-12(5-2)9-8-11(3)10-13/h12H,4-9H2,1-3H3. The van der Waals surface area contributed by atoms with Gasteiger partial charge in [0.15, 0.2) is 0 Å². The molecule has 0 heterocycles. The fourth-order valence-corrected chi connectivity index (χ4v) is 1.52. The Morgan fingerprint density at radius 2 is 2.00 bits per heavy atom. The van der Waals surface area contributed by atoms with Crippen molar-refractivity contribution in [3.8, 4) is 0 Å². The summed E-state index contributed by atoms with van der Waals surface area (Å²) in [6, 6.07) is 0. The number of allylic oxidation sites excluding steroid dienone is 1. The first-order chi connectivity index (χ1) is 6.24. The molecular weight excluding hydrogens is 160 g/mol. The van der Waals surface area contributed by atoms with Gasteiger partial charge in [-0.2, -0.15) is 0 Å². The summed E-state index contributed by atoms with van der Waals surface area (Å²) >= 11 is 0. The van der Waals surface area contributed by atoms with E-state index < -0.39 is 0 Å². The monoisotopic (exact) mass is 182 g/mol. The van der Waals surface area contributed by atoms with E-state index in [2.05, 4.69) is 13.8 Å². The maximum Gasteiger partial charge on any atom is 0.123 e. The third-order valence-corrected chi connectivity index (χ3v) is 2.65. The largest absolute Gasteiger partial charge is 0.234 e. The van der Waals surface area contributed by atoms with E-state index in [-0.39, 0.29) is 0 Å². The Labute approximate surface area is 82.2 Å². The minimum Gasteiger partial charge on any atom is -0.234 e. The minimum atomic E-state index is 0.809. The van der Waals surface area contributed by atoms with Crippen LogP contribution >= 0.6 is 0 Å². The fourth-order valence-electron chi connectivity index (χ4n) is 1.52. The SMILES string of the molecule is CCCCC(CC)CCC(C)=C=O. The van der Waals surface area contributed by atoms with E-state index in [9.17, 15) is 4.79 Å². The molecule has 0 aliphatic rings. The lowest BCUT2D eigenvalue weighted by Crippen LogP contribution is -1.99. The van der Waals surface area contributed by atoms with Crippen LogP contribution in [0.2, 0.25) is 0 Å². The van der Waals surface area contributed by atoms with E-state index >= 15 is 0 Å². The van der Waals surface area contributed by atoms with Gasteiger partial charge in [0.25, 0.3) is 0 Å². The number of hydrogen-bond donors (Lipinski definition) is 0. The van der Waals surface area contributed by atoms with E-state index in [4.69, 9.17) is 0 Å². The highest BCUT2D eigenvalue weighted by Crippen LogP contribution is 2.19. The number of hydrogen-bond acceptors (Lipinski definition) is 1. The molecule has 0 aromatic rings. The van der Waals surface area contributed by atoms with E-state index in [0.29, 0.717) is 0 Å². The van der Waals surface area contributed by atoms with Gasteiger partial charge in [-0.25, -0.2) is 4.79 Å². The van der Waals surface area contributed by atoms with Crippen molar-refractivity contribution in [3.05, 3.63) is 5.57 Å². The van der Waals surface area contributed by atoms with Crippen molar-refractivity contribution in [2.75, 3.05) is 0 Å². The summed E-state index contributed by atoms with van der Waals surface area (Å²) in [5.74, 6) is 2.78. The van der Waals surface area contributed by atoms with E-state index in [1.165, 1.54) is 25.7 Å². The molecule has 0 spiro atoms. The van der Waals surface area contributed by atoms with E-state index in [1.807, 2.05) is 12.9 Å². The summed E-state index contributed by atoms with van der Waals surface area (Å²) in [7, 11) is 0. The molecule has 0 N–H and O–H groups in total. The molecule has 0 fully saturated rings.